The summed E-state index contributed by atoms with van der Waals surface area (Å²) in [5, 5.41) is 10.4. The molecule has 0 radical (unpaired) electrons. The summed E-state index contributed by atoms with van der Waals surface area (Å²) in [5.74, 6) is -1.50. The SMILES string of the molecule is CCCS(=O)(=O)Nc1nc2cc(F)c([N+](=O)[O-])cc2nc1Cl. The second kappa shape index (κ2) is 5.97. The molecule has 1 heterocycles. The van der Waals surface area contributed by atoms with Gasteiger partial charge in [-0.05, 0) is 6.42 Å². The van der Waals surface area contributed by atoms with Crippen molar-refractivity contribution in [3.05, 3.63) is 33.2 Å². The Hall–Kier alpha value is -2.07. The minimum absolute atomic E-state index is 0.0171. The molecule has 0 unspecified atom stereocenters. The van der Waals surface area contributed by atoms with E-state index in [1.54, 1.807) is 6.92 Å². The molecule has 0 amide bonds. The third kappa shape index (κ3) is 3.39. The highest BCUT2D eigenvalue weighted by molar-refractivity contribution is 7.92. The number of benzene rings is 1. The lowest BCUT2D eigenvalue weighted by atomic mass is 10.2. The molecule has 2 aromatic rings. The third-order valence-electron chi connectivity index (χ3n) is 2.61. The van der Waals surface area contributed by atoms with Gasteiger partial charge in [-0.2, -0.15) is 4.39 Å². The topological polar surface area (TPSA) is 115 Å². The van der Waals surface area contributed by atoms with Crippen LogP contribution in [0, 0.1) is 15.9 Å². The van der Waals surface area contributed by atoms with Crippen molar-refractivity contribution in [2.75, 3.05) is 10.5 Å². The first-order valence-electron chi connectivity index (χ1n) is 6.05. The van der Waals surface area contributed by atoms with Crippen molar-refractivity contribution in [2.45, 2.75) is 13.3 Å². The number of aromatic nitrogens is 2. The second-order valence-electron chi connectivity index (χ2n) is 4.33. The van der Waals surface area contributed by atoms with E-state index in [-0.39, 0.29) is 27.8 Å². The first kappa shape index (κ1) is 16.3. The molecule has 0 aliphatic carbocycles. The Labute approximate surface area is 129 Å². The molecule has 22 heavy (non-hydrogen) atoms. The minimum atomic E-state index is -3.65. The van der Waals surface area contributed by atoms with Crippen molar-refractivity contribution in [1.29, 1.82) is 0 Å². The average molecular weight is 349 g/mol. The molecule has 0 aliphatic heterocycles. The summed E-state index contributed by atoms with van der Waals surface area (Å²) >= 11 is 5.82. The summed E-state index contributed by atoms with van der Waals surface area (Å²) in [4.78, 5) is 17.4. The molecule has 1 aromatic heterocycles. The van der Waals surface area contributed by atoms with Gasteiger partial charge in [0.1, 0.15) is 0 Å². The summed E-state index contributed by atoms with van der Waals surface area (Å²) in [5.41, 5.74) is -0.838. The van der Waals surface area contributed by atoms with Crippen molar-refractivity contribution >= 4 is 44.2 Å². The number of anilines is 1. The molecule has 1 N–H and O–H groups in total. The average Bonchev–Trinajstić information content (AvgIpc) is 2.39. The molecule has 0 spiro atoms. The zero-order valence-electron chi connectivity index (χ0n) is 11.2. The summed E-state index contributed by atoms with van der Waals surface area (Å²) in [7, 11) is -3.65. The first-order valence-corrected chi connectivity index (χ1v) is 8.08. The van der Waals surface area contributed by atoms with Crippen LogP contribution in [0.2, 0.25) is 5.15 Å². The number of nitrogens with zero attached hydrogens (tertiary/aromatic N) is 3. The minimum Gasteiger partial charge on any atom is -0.265 e. The predicted octanol–water partition coefficient (Wildman–Crippen LogP) is 2.48. The number of nitro benzene ring substituents is 1. The number of hydrogen-bond donors (Lipinski definition) is 1. The highest BCUT2D eigenvalue weighted by Crippen LogP contribution is 2.27. The van der Waals surface area contributed by atoms with Crippen LogP contribution in [0.4, 0.5) is 15.9 Å². The molecule has 2 rings (SSSR count). The van der Waals surface area contributed by atoms with E-state index in [9.17, 15) is 22.9 Å². The van der Waals surface area contributed by atoms with Crippen LogP contribution in [0.15, 0.2) is 12.1 Å². The summed E-state index contributed by atoms with van der Waals surface area (Å²) in [6, 6.07) is 1.68. The number of halogens is 2. The Morgan fingerprint density at radius 1 is 1.36 bits per heavy atom. The van der Waals surface area contributed by atoms with Gasteiger partial charge < -0.3 is 0 Å². The van der Waals surface area contributed by atoms with Crippen LogP contribution in [0.3, 0.4) is 0 Å². The Morgan fingerprint density at radius 2 is 2.00 bits per heavy atom. The maximum absolute atomic E-state index is 13.6. The fraction of sp³-hybridized carbons (Fsp3) is 0.273. The summed E-state index contributed by atoms with van der Waals surface area (Å²) in [6.07, 6.45) is 0.384. The van der Waals surface area contributed by atoms with Crippen LogP contribution in [0.25, 0.3) is 11.0 Å². The van der Waals surface area contributed by atoms with Gasteiger partial charge >= 0.3 is 5.69 Å². The van der Waals surface area contributed by atoms with Gasteiger partial charge in [0.2, 0.25) is 15.8 Å². The zero-order chi connectivity index (χ0) is 16.5. The molecule has 8 nitrogen and oxygen atoms in total. The zero-order valence-corrected chi connectivity index (χ0v) is 12.8. The van der Waals surface area contributed by atoms with Gasteiger partial charge in [0.25, 0.3) is 0 Å². The summed E-state index contributed by atoms with van der Waals surface area (Å²) in [6.45, 7) is 1.68. The van der Waals surface area contributed by atoms with E-state index in [0.717, 1.165) is 12.1 Å². The monoisotopic (exact) mass is 348 g/mol. The van der Waals surface area contributed by atoms with Gasteiger partial charge in [0, 0.05) is 12.1 Å². The van der Waals surface area contributed by atoms with E-state index in [1.165, 1.54) is 0 Å². The Kier molecular flexibility index (Phi) is 4.42. The van der Waals surface area contributed by atoms with Crippen molar-refractivity contribution < 1.29 is 17.7 Å². The lowest BCUT2D eigenvalue weighted by molar-refractivity contribution is -0.387. The van der Waals surface area contributed by atoms with Gasteiger partial charge in [-0.15, -0.1) is 0 Å². The third-order valence-corrected chi connectivity index (χ3v) is 4.33. The quantitative estimate of drug-likeness (QED) is 0.655. The smallest absolute Gasteiger partial charge is 0.265 e. The molecule has 11 heteroatoms. The molecule has 0 saturated heterocycles. The van der Waals surface area contributed by atoms with Gasteiger partial charge in [0.15, 0.2) is 11.0 Å². The van der Waals surface area contributed by atoms with Gasteiger partial charge in [-0.1, -0.05) is 18.5 Å². The van der Waals surface area contributed by atoms with E-state index in [4.69, 9.17) is 11.6 Å². The lowest BCUT2D eigenvalue weighted by Crippen LogP contribution is -2.17. The van der Waals surface area contributed by atoms with Gasteiger partial charge in [-0.3, -0.25) is 14.8 Å². The van der Waals surface area contributed by atoms with Crippen molar-refractivity contribution in [3.8, 4) is 0 Å². The molecule has 1 aromatic carbocycles. The maximum atomic E-state index is 13.6. The second-order valence-corrected chi connectivity index (χ2v) is 6.53. The largest absolute Gasteiger partial charge is 0.307 e. The molecule has 0 fully saturated rings. The fourth-order valence-electron chi connectivity index (χ4n) is 1.72. The number of nitrogens with one attached hydrogen (secondary N) is 1. The van der Waals surface area contributed by atoms with E-state index >= 15 is 0 Å². The highest BCUT2D eigenvalue weighted by atomic mass is 35.5. The number of hydrogen-bond acceptors (Lipinski definition) is 6. The van der Waals surface area contributed by atoms with Crippen LogP contribution in [-0.4, -0.2) is 29.1 Å². The first-order chi connectivity index (χ1) is 10.2. The molecule has 0 saturated carbocycles. The number of nitro groups is 1. The number of rotatable bonds is 5. The lowest BCUT2D eigenvalue weighted by Gasteiger charge is -2.08. The Bertz CT molecular complexity index is 859. The number of fused-ring (bicyclic) bond motifs is 1. The van der Waals surface area contributed by atoms with E-state index in [0.29, 0.717) is 6.42 Å². The van der Waals surface area contributed by atoms with Crippen molar-refractivity contribution in [3.63, 3.8) is 0 Å². The normalized spacial score (nSPS) is 11.6. The van der Waals surface area contributed by atoms with Crippen LogP contribution >= 0.6 is 11.6 Å². The molecule has 0 bridgehead atoms. The van der Waals surface area contributed by atoms with Gasteiger partial charge in [-0.25, -0.2) is 18.4 Å². The van der Waals surface area contributed by atoms with E-state index in [1.807, 2.05) is 0 Å². The highest BCUT2D eigenvalue weighted by Gasteiger charge is 2.19. The van der Waals surface area contributed by atoms with Crippen molar-refractivity contribution in [2.24, 2.45) is 0 Å². The number of sulfonamides is 1. The Morgan fingerprint density at radius 3 is 2.59 bits per heavy atom. The molecule has 0 aliphatic rings. The predicted molar refractivity (Wildman–Crippen MR) is 78.9 cm³/mol. The molecular weight excluding hydrogens is 339 g/mol. The standard InChI is InChI=1S/C11H10ClFN4O4S/c1-2-3-22(20,21)16-11-10(12)14-8-5-9(17(18)19)6(13)4-7(8)15-11/h4-5H,2-3H2,1H3,(H,15,16). The fourth-order valence-corrected chi connectivity index (χ4v) is 3.03. The van der Waals surface area contributed by atoms with Crippen molar-refractivity contribution in [1.82, 2.24) is 9.97 Å². The molecule has 0 atom stereocenters. The van der Waals surface area contributed by atoms with Crippen LogP contribution in [0.5, 0.6) is 0 Å². The van der Waals surface area contributed by atoms with Gasteiger partial charge in [0.05, 0.1) is 21.7 Å². The molecular formula is C11H10ClFN4O4S. The van der Waals surface area contributed by atoms with Crippen LogP contribution < -0.4 is 4.72 Å². The van der Waals surface area contributed by atoms with E-state index < -0.39 is 26.5 Å². The Balaban J connectivity index is 2.54. The maximum Gasteiger partial charge on any atom is 0.307 e. The van der Waals surface area contributed by atoms with E-state index in [2.05, 4.69) is 14.7 Å². The molecule has 118 valence electrons. The van der Waals surface area contributed by atoms with Crippen LogP contribution in [0.1, 0.15) is 13.3 Å². The van der Waals surface area contributed by atoms with Crippen LogP contribution in [-0.2, 0) is 10.0 Å². The summed E-state index contributed by atoms with van der Waals surface area (Å²) < 4.78 is 39.1.